The molecule has 0 amide bonds. The van der Waals surface area contributed by atoms with Gasteiger partial charge in [0.15, 0.2) is 13.2 Å². The van der Waals surface area contributed by atoms with Gasteiger partial charge in [0, 0.05) is 11.4 Å². The molecule has 0 atom stereocenters. The summed E-state index contributed by atoms with van der Waals surface area (Å²) in [5.74, 6) is -0.400. The second kappa shape index (κ2) is 9.46. The Labute approximate surface area is 156 Å². The van der Waals surface area contributed by atoms with Gasteiger partial charge >= 0.3 is 5.97 Å². The monoisotopic (exact) mass is 397 g/mol. The summed E-state index contributed by atoms with van der Waals surface area (Å²) in [7, 11) is -3.23. The number of esters is 1. The Morgan fingerprint density at radius 1 is 1.08 bits per heavy atom. The maximum atomic E-state index is 12.1. The predicted octanol–water partition coefficient (Wildman–Crippen LogP) is 1.64. The van der Waals surface area contributed by atoms with Gasteiger partial charge in [-0.15, -0.1) is 11.3 Å². The molecule has 0 aliphatic heterocycles. The van der Waals surface area contributed by atoms with Crippen LogP contribution in [0.2, 0.25) is 0 Å². The number of thiophene rings is 1. The highest BCUT2D eigenvalue weighted by atomic mass is 32.2. The third kappa shape index (κ3) is 7.34. The zero-order chi connectivity index (χ0) is 19.0. The fourth-order valence-corrected chi connectivity index (χ4v) is 3.34. The number of rotatable bonds is 10. The number of hydrogen-bond acceptors (Lipinski definition) is 7. The van der Waals surface area contributed by atoms with E-state index in [1.54, 1.807) is 36.4 Å². The van der Waals surface area contributed by atoms with Crippen LogP contribution in [0.5, 0.6) is 5.75 Å². The van der Waals surface area contributed by atoms with E-state index in [1.807, 2.05) is 6.07 Å². The minimum atomic E-state index is -3.23. The number of sulfonamides is 1. The molecule has 0 saturated heterocycles. The summed E-state index contributed by atoms with van der Waals surface area (Å²) in [6.07, 6.45) is 1.57. The Kier molecular flexibility index (Phi) is 7.31. The van der Waals surface area contributed by atoms with Crippen molar-refractivity contribution in [1.82, 2.24) is 4.72 Å². The van der Waals surface area contributed by atoms with Crippen LogP contribution in [-0.4, -0.2) is 46.2 Å². The van der Waals surface area contributed by atoms with Crippen LogP contribution in [0, 0.1) is 0 Å². The van der Waals surface area contributed by atoms with Gasteiger partial charge in [-0.1, -0.05) is 18.2 Å². The number of ether oxygens (including phenoxy) is 2. The molecule has 0 fully saturated rings. The first kappa shape index (κ1) is 20.1. The lowest BCUT2D eigenvalue weighted by molar-refractivity contribution is -0.144. The molecule has 0 aliphatic rings. The fraction of sp³-hybridized carbons (Fsp3) is 0.294. The van der Waals surface area contributed by atoms with Crippen LogP contribution in [0.3, 0.4) is 0 Å². The smallest absolute Gasteiger partial charge is 0.344 e. The van der Waals surface area contributed by atoms with Crippen molar-refractivity contribution in [2.24, 2.45) is 0 Å². The summed E-state index contributed by atoms with van der Waals surface area (Å²) in [6, 6.07) is 12.2. The molecular weight excluding hydrogens is 378 g/mol. The molecule has 0 unspecified atom stereocenters. The van der Waals surface area contributed by atoms with Crippen LogP contribution >= 0.6 is 11.3 Å². The molecule has 9 heteroatoms. The zero-order valence-corrected chi connectivity index (χ0v) is 15.8. The van der Waals surface area contributed by atoms with Crippen molar-refractivity contribution < 1.29 is 27.5 Å². The number of hydrogen-bond donors (Lipinski definition) is 1. The average Bonchev–Trinajstić information content (AvgIpc) is 3.06. The van der Waals surface area contributed by atoms with Gasteiger partial charge < -0.3 is 9.47 Å². The molecule has 1 aromatic carbocycles. The van der Waals surface area contributed by atoms with Gasteiger partial charge in [-0.2, -0.15) is 0 Å². The SMILES string of the molecule is CS(=O)(=O)NCCc1ccc(C(=O)COC(=O)COc2ccccc2)s1. The highest BCUT2D eigenvalue weighted by Gasteiger charge is 2.13. The number of ketones is 1. The Bertz CT molecular complexity index is 845. The van der Waals surface area contributed by atoms with Crippen LogP contribution in [0.25, 0.3) is 0 Å². The van der Waals surface area contributed by atoms with Crippen LogP contribution in [-0.2, 0) is 26.0 Å². The minimum absolute atomic E-state index is 0.263. The minimum Gasteiger partial charge on any atom is -0.482 e. The Balaban J connectivity index is 1.73. The van der Waals surface area contributed by atoms with Crippen LogP contribution in [0.4, 0.5) is 0 Å². The lowest BCUT2D eigenvalue weighted by atomic mass is 10.3. The molecule has 0 aliphatic carbocycles. The summed E-state index contributed by atoms with van der Waals surface area (Å²) in [4.78, 5) is 25.0. The van der Waals surface area contributed by atoms with E-state index in [0.717, 1.165) is 11.1 Å². The Morgan fingerprint density at radius 3 is 2.50 bits per heavy atom. The van der Waals surface area contributed by atoms with Crippen molar-refractivity contribution in [3.8, 4) is 5.75 Å². The van der Waals surface area contributed by atoms with Crippen molar-refractivity contribution in [3.05, 3.63) is 52.2 Å². The quantitative estimate of drug-likeness (QED) is 0.483. The van der Waals surface area contributed by atoms with Crippen molar-refractivity contribution in [2.75, 3.05) is 26.0 Å². The molecule has 0 radical (unpaired) electrons. The van der Waals surface area contributed by atoms with Gasteiger partial charge in [-0.05, 0) is 30.7 Å². The van der Waals surface area contributed by atoms with Gasteiger partial charge in [0.05, 0.1) is 11.1 Å². The second-order valence-corrected chi connectivity index (χ2v) is 8.37. The lowest BCUT2D eigenvalue weighted by Crippen LogP contribution is -2.24. The molecule has 1 heterocycles. The number of nitrogens with one attached hydrogen (secondary N) is 1. The van der Waals surface area contributed by atoms with Crippen molar-refractivity contribution >= 4 is 33.1 Å². The van der Waals surface area contributed by atoms with E-state index in [9.17, 15) is 18.0 Å². The molecular formula is C17H19NO6S2. The molecule has 0 spiro atoms. The normalized spacial score (nSPS) is 11.1. The fourth-order valence-electron chi connectivity index (χ4n) is 1.94. The van der Waals surface area contributed by atoms with E-state index in [0.29, 0.717) is 17.0 Å². The predicted molar refractivity (Wildman–Crippen MR) is 98.1 cm³/mol. The van der Waals surface area contributed by atoms with Gasteiger partial charge in [0.25, 0.3) is 0 Å². The van der Waals surface area contributed by atoms with Gasteiger partial charge in [-0.3, -0.25) is 4.79 Å². The van der Waals surface area contributed by atoms with Crippen molar-refractivity contribution in [3.63, 3.8) is 0 Å². The van der Waals surface area contributed by atoms with E-state index in [-0.39, 0.29) is 25.5 Å². The van der Waals surface area contributed by atoms with Gasteiger partial charge in [-0.25, -0.2) is 17.9 Å². The van der Waals surface area contributed by atoms with Crippen molar-refractivity contribution in [1.29, 1.82) is 0 Å². The molecule has 2 aromatic rings. The Hall–Kier alpha value is -2.23. The summed E-state index contributed by atoms with van der Waals surface area (Å²) in [5.41, 5.74) is 0. The van der Waals surface area contributed by atoms with Crippen molar-refractivity contribution in [2.45, 2.75) is 6.42 Å². The molecule has 0 saturated carbocycles. The number of Topliss-reactive ketones (excluding diaryl/α,β-unsaturated/α-hetero) is 1. The highest BCUT2D eigenvalue weighted by Crippen LogP contribution is 2.17. The molecule has 140 valence electrons. The van der Waals surface area contributed by atoms with E-state index >= 15 is 0 Å². The summed E-state index contributed by atoms with van der Waals surface area (Å²) >= 11 is 1.25. The van der Waals surface area contributed by atoms with Crippen LogP contribution < -0.4 is 9.46 Å². The maximum Gasteiger partial charge on any atom is 0.344 e. The van der Waals surface area contributed by atoms with E-state index in [1.165, 1.54) is 11.3 Å². The largest absolute Gasteiger partial charge is 0.482 e. The number of para-hydroxylation sites is 1. The van der Waals surface area contributed by atoms with E-state index in [2.05, 4.69) is 4.72 Å². The Morgan fingerprint density at radius 2 is 1.81 bits per heavy atom. The molecule has 1 N–H and O–H groups in total. The summed E-state index contributed by atoms with van der Waals surface area (Å²) in [6.45, 7) is -0.374. The lowest BCUT2D eigenvalue weighted by Gasteiger charge is -2.06. The van der Waals surface area contributed by atoms with E-state index < -0.39 is 16.0 Å². The van der Waals surface area contributed by atoms with E-state index in [4.69, 9.17) is 9.47 Å². The first-order valence-corrected chi connectivity index (χ1v) is 10.4. The first-order chi connectivity index (χ1) is 12.3. The summed E-state index contributed by atoms with van der Waals surface area (Å²) in [5, 5.41) is 0. The van der Waals surface area contributed by atoms with Gasteiger partial charge in [0.2, 0.25) is 15.8 Å². The standard InChI is InChI=1S/C17H19NO6S2/c1-26(21,22)18-10-9-14-7-8-16(25-14)15(19)11-24-17(20)12-23-13-5-3-2-4-6-13/h2-8,18H,9-12H2,1H3. The molecule has 0 bridgehead atoms. The first-order valence-electron chi connectivity index (χ1n) is 7.73. The third-order valence-electron chi connectivity index (χ3n) is 3.14. The summed E-state index contributed by atoms with van der Waals surface area (Å²) < 4.78 is 34.6. The van der Waals surface area contributed by atoms with Gasteiger partial charge in [0.1, 0.15) is 5.75 Å². The maximum absolute atomic E-state index is 12.1. The topological polar surface area (TPSA) is 98.8 Å². The van der Waals surface area contributed by atoms with Crippen LogP contribution in [0.1, 0.15) is 14.5 Å². The second-order valence-electron chi connectivity index (χ2n) is 5.37. The number of benzene rings is 1. The molecule has 26 heavy (non-hydrogen) atoms. The molecule has 7 nitrogen and oxygen atoms in total. The number of carbonyl (C=O) groups is 2. The number of carbonyl (C=O) groups excluding carboxylic acids is 2. The zero-order valence-electron chi connectivity index (χ0n) is 14.1. The third-order valence-corrected chi connectivity index (χ3v) is 5.05. The highest BCUT2D eigenvalue weighted by molar-refractivity contribution is 7.88. The molecule has 1 aromatic heterocycles. The average molecular weight is 397 g/mol. The molecule has 2 rings (SSSR count). The van der Waals surface area contributed by atoms with Crippen LogP contribution in [0.15, 0.2) is 42.5 Å².